The molecule has 0 aliphatic carbocycles. The predicted molar refractivity (Wildman–Crippen MR) is 117 cm³/mol. The molecule has 2 rings (SSSR count). The number of benzene rings is 1. The lowest BCUT2D eigenvalue weighted by Crippen LogP contribution is -2.38. The summed E-state index contributed by atoms with van der Waals surface area (Å²) in [4.78, 5) is 10.2. The van der Waals surface area contributed by atoms with Crippen LogP contribution in [0.4, 0.5) is 0 Å². The molecule has 2 aromatic rings. The van der Waals surface area contributed by atoms with E-state index in [0.29, 0.717) is 6.54 Å². The van der Waals surface area contributed by atoms with Crippen LogP contribution in [-0.2, 0) is 13.0 Å². The first kappa shape index (κ1) is 21.7. The molecule has 0 atom stereocenters. The Morgan fingerprint density at radius 2 is 2.08 bits per heavy atom. The number of nitrogens with zero attached hydrogens (tertiary/aromatic N) is 2. The number of halogens is 1. The van der Waals surface area contributed by atoms with Crippen LogP contribution < -0.4 is 15.4 Å². The van der Waals surface area contributed by atoms with Crippen molar-refractivity contribution in [1.29, 1.82) is 0 Å². The standard InChI is InChI=1S/C18H26N4OS.HI/c1-5-19-18(22-12-17-21-11-14(3)24-17)20-9-8-15-10-13(2)6-7-16(15)23-4;/h6-7,10-11H,5,8-9,12H2,1-4H3,(H2,19,20,22);1H. The van der Waals surface area contributed by atoms with Crippen LogP contribution in [0.2, 0.25) is 0 Å². The number of aryl methyl sites for hydroxylation is 2. The molecule has 1 heterocycles. The second-order valence-electron chi connectivity index (χ2n) is 5.55. The number of aromatic nitrogens is 1. The number of hydrogen-bond acceptors (Lipinski definition) is 4. The van der Waals surface area contributed by atoms with Gasteiger partial charge >= 0.3 is 0 Å². The molecule has 0 bridgehead atoms. The Hall–Kier alpha value is -1.35. The van der Waals surface area contributed by atoms with E-state index in [1.54, 1.807) is 18.4 Å². The summed E-state index contributed by atoms with van der Waals surface area (Å²) in [7, 11) is 1.71. The molecular weight excluding hydrogens is 447 g/mol. The van der Waals surface area contributed by atoms with Gasteiger partial charge in [-0.15, -0.1) is 35.3 Å². The highest BCUT2D eigenvalue weighted by Crippen LogP contribution is 2.19. The van der Waals surface area contributed by atoms with Gasteiger partial charge in [0.1, 0.15) is 10.8 Å². The number of guanidine groups is 1. The second-order valence-corrected chi connectivity index (χ2v) is 6.87. The van der Waals surface area contributed by atoms with Gasteiger partial charge in [0.15, 0.2) is 5.96 Å². The second kappa shape index (κ2) is 11.3. The topological polar surface area (TPSA) is 58.5 Å². The van der Waals surface area contributed by atoms with E-state index in [2.05, 4.69) is 53.5 Å². The van der Waals surface area contributed by atoms with Crippen molar-refractivity contribution >= 4 is 41.3 Å². The fourth-order valence-corrected chi connectivity index (χ4v) is 3.09. The van der Waals surface area contributed by atoms with E-state index in [9.17, 15) is 0 Å². The van der Waals surface area contributed by atoms with Crippen molar-refractivity contribution in [3.8, 4) is 5.75 Å². The third kappa shape index (κ3) is 7.19. The number of thiazole rings is 1. The molecule has 0 unspecified atom stereocenters. The minimum atomic E-state index is 0. The molecule has 0 radical (unpaired) electrons. The maximum absolute atomic E-state index is 5.43. The number of hydrogen-bond donors (Lipinski definition) is 2. The molecule has 2 N–H and O–H groups in total. The van der Waals surface area contributed by atoms with Crippen LogP contribution in [-0.4, -0.2) is 31.1 Å². The number of nitrogens with one attached hydrogen (secondary N) is 2. The molecule has 1 aromatic heterocycles. The summed E-state index contributed by atoms with van der Waals surface area (Å²) < 4.78 is 5.43. The van der Waals surface area contributed by atoms with E-state index in [1.807, 2.05) is 12.3 Å². The van der Waals surface area contributed by atoms with Crippen LogP contribution >= 0.6 is 35.3 Å². The Balaban J connectivity index is 0.00000312. The van der Waals surface area contributed by atoms with Crippen molar-refractivity contribution in [2.24, 2.45) is 4.99 Å². The molecular formula is C18H27IN4OS. The molecule has 0 aliphatic rings. The molecule has 0 saturated heterocycles. The Bertz CT molecular complexity index is 687. The summed E-state index contributed by atoms with van der Waals surface area (Å²) in [5.74, 6) is 1.75. The van der Waals surface area contributed by atoms with Gasteiger partial charge in [0.25, 0.3) is 0 Å². The number of rotatable bonds is 7. The smallest absolute Gasteiger partial charge is 0.191 e. The van der Waals surface area contributed by atoms with Crippen molar-refractivity contribution in [2.75, 3.05) is 20.2 Å². The molecule has 1 aromatic carbocycles. The quantitative estimate of drug-likeness (QED) is 0.365. The summed E-state index contributed by atoms with van der Waals surface area (Å²) in [5, 5.41) is 7.68. The van der Waals surface area contributed by atoms with Gasteiger partial charge in [-0.25, -0.2) is 9.98 Å². The number of ether oxygens (including phenoxy) is 1. The van der Waals surface area contributed by atoms with Gasteiger partial charge in [0.2, 0.25) is 0 Å². The highest BCUT2D eigenvalue weighted by atomic mass is 127. The zero-order valence-corrected chi connectivity index (χ0v) is 18.4. The van der Waals surface area contributed by atoms with E-state index in [-0.39, 0.29) is 24.0 Å². The van der Waals surface area contributed by atoms with Gasteiger partial charge in [0, 0.05) is 24.2 Å². The molecule has 7 heteroatoms. The lowest BCUT2D eigenvalue weighted by atomic mass is 10.1. The van der Waals surface area contributed by atoms with Crippen molar-refractivity contribution in [3.05, 3.63) is 45.4 Å². The molecule has 0 saturated carbocycles. The van der Waals surface area contributed by atoms with Crippen LogP contribution in [0.25, 0.3) is 0 Å². The van der Waals surface area contributed by atoms with E-state index in [1.165, 1.54) is 16.0 Å². The van der Waals surface area contributed by atoms with Gasteiger partial charge in [-0.05, 0) is 38.8 Å². The zero-order valence-electron chi connectivity index (χ0n) is 15.3. The fourth-order valence-electron chi connectivity index (χ4n) is 2.38. The van der Waals surface area contributed by atoms with Crippen molar-refractivity contribution in [1.82, 2.24) is 15.6 Å². The van der Waals surface area contributed by atoms with E-state index in [4.69, 9.17) is 4.74 Å². The minimum Gasteiger partial charge on any atom is -0.496 e. The number of aliphatic imine (C=N–C) groups is 1. The van der Waals surface area contributed by atoms with Crippen LogP contribution in [0.3, 0.4) is 0 Å². The minimum absolute atomic E-state index is 0. The lowest BCUT2D eigenvalue weighted by Gasteiger charge is -2.13. The van der Waals surface area contributed by atoms with Gasteiger partial charge in [-0.3, -0.25) is 0 Å². The summed E-state index contributed by atoms with van der Waals surface area (Å²) in [6, 6.07) is 6.26. The number of methoxy groups -OCH3 is 1. The van der Waals surface area contributed by atoms with Gasteiger partial charge in [-0.1, -0.05) is 17.7 Å². The highest BCUT2D eigenvalue weighted by molar-refractivity contribution is 14.0. The maximum Gasteiger partial charge on any atom is 0.191 e. The Kier molecular flexibility index (Phi) is 9.81. The average Bonchev–Trinajstić information content (AvgIpc) is 2.98. The molecule has 0 spiro atoms. The summed E-state index contributed by atoms with van der Waals surface area (Å²) in [6.45, 7) is 8.44. The van der Waals surface area contributed by atoms with Gasteiger partial charge < -0.3 is 15.4 Å². The average molecular weight is 474 g/mol. The Morgan fingerprint density at radius 1 is 1.28 bits per heavy atom. The third-order valence-corrected chi connectivity index (χ3v) is 4.41. The SMILES string of the molecule is CCNC(=NCc1ncc(C)s1)NCCc1cc(C)ccc1OC.I. The van der Waals surface area contributed by atoms with Crippen molar-refractivity contribution in [3.63, 3.8) is 0 Å². The molecule has 0 aliphatic heterocycles. The third-order valence-electron chi connectivity index (χ3n) is 3.51. The zero-order chi connectivity index (χ0) is 17.4. The monoisotopic (exact) mass is 474 g/mol. The van der Waals surface area contributed by atoms with E-state index < -0.39 is 0 Å². The van der Waals surface area contributed by atoms with Gasteiger partial charge in [0.05, 0.1) is 13.7 Å². The molecule has 5 nitrogen and oxygen atoms in total. The maximum atomic E-state index is 5.43. The van der Waals surface area contributed by atoms with E-state index in [0.717, 1.165) is 36.2 Å². The largest absolute Gasteiger partial charge is 0.496 e. The Labute approximate surface area is 171 Å². The molecule has 25 heavy (non-hydrogen) atoms. The first-order valence-corrected chi connectivity index (χ1v) is 9.01. The predicted octanol–water partition coefficient (Wildman–Crippen LogP) is 3.68. The fraction of sp³-hybridized carbons (Fsp3) is 0.444. The summed E-state index contributed by atoms with van der Waals surface area (Å²) >= 11 is 1.68. The summed E-state index contributed by atoms with van der Waals surface area (Å²) in [6.07, 6.45) is 2.77. The van der Waals surface area contributed by atoms with Crippen LogP contribution in [0.15, 0.2) is 29.4 Å². The summed E-state index contributed by atoms with van der Waals surface area (Å²) in [5.41, 5.74) is 2.45. The normalized spacial score (nSPS) is 11.0. The first-order chi connectivity index (χ1) is 11.6. The first-order valence-electron chi connectivity index (χ1n) is 8.19. The van der Waals surface area contributed by atoms with Crippen molar-refractivity contribution < 1.29 is 4.74 Å². The van der Waals surface area contributed by atoms with Crippen LogP contribution in [0.5, 0.6) is 5.75 Å². The van der Waals surface area contributed by atoms with Gasteiger partial charge in [-0.2, -0.15) is 0 Å². The van der Waals surface area contributed by atoms with E-state index >= 15 is 0 Å². The Morgan fingerprint density at radius 3 is 2.72 bits per heavy atom. The lowest BCUT2D eigenvalue weighted by molar-refractivity contribution is 0.409. The van der Waals surface area contributed by atoms with Crippen LogP contribution in [0, 0.1) is 13.8 Å². The molecule has 0 fully saturated rings. The highest BCUT2D eigenvalue weighted by Gasteiger charge is 2.04. The van der Waals surface area contributed by atoms with Crippen molar-refractivity contribution in [2.45, 2.75) is 33.7 Å². The molecule has 0 amide bonds. The van der Waals surface area contributed by atoms with Crippen LogP contribution in [0.1, 0.15) is 27.9 Å². The molecule has 138 valence electrons.